The van der Waals surface area contributed by atoms with Crippen molar-refractivity contribution in [2.24, 2.45) is 0 Å². The van der Waals surface area contributed by atoms with Crippen molar-refractivity contribution in [2.75, 3.05) is 11.9 Å². The van der Waals surface area contributed by atoms with Crippen molar-refractivity contribution >= 4 is 27.4 Å². The summed E-state index contributed by atoms with van der Waals surface area (Å²) in [5, 5.41) is 6.36. The van der Waals surface area contributed by atoms with Gasteiger partial charge in [-0.2, -0.15) is 0 Å². The van der Waals surface area contributed by atoms with E-state index in [2.05, 4.69) is 38.7 Å². The van der Waals surface area contributed by atoms with Crippen LogP contribution in [0.5, 0.6) is 0 Å². The summed E-state index contributed by atoms with van der Waals surface area (Å²) in [5.41, 5.74) is 2.31. The van der Waals surface area contributed by atoms with E-state index in [0.29, 0.717) is 6.54 Å². The van der Waals surface area contributed by atoms with Crippen LogP contribution in [0.1, 0.15) is 5.82 Å². The standard InChI is InChI=1S/C16H13N3S/c1-3-9-17-15-14-13(12-7-5-4-6-8-12)10-20-16(14)19-11(2)18-15/h1,4-8,10H,9H2,2H3,(H,17,18,19). The van der Waals surface area contributed by atoms with E-state index in [1.807, 2.05) is 25.1 Å². The lowest BCUT2D eigenvalue weighted by Crippen LogP contribution is -2.03. The molecule has 0 aliphatic carbocycles. The van der Waals surface area contributed by atoms with E-state index in [-0.39, 0.29) is 0 Å². The average Bonchev–Trinajstić information content (AvgIpc) is 2.89. The summed E-state index contributed by atoms with van der Waals surface area (Å²) in [6.07, 6.45) is 5.33. The van der Waals surface area contributed by atoms with Crippen LogP contribution in [0, 0.1) is 19.3 Å². The normalized spacial score (nSPS) is 10.4. The first-order valence-corrected chi connectivity index (χ1v) is 7.16. The highest BCUT2D eigenvalue weighted by molar-refractivity contribution is 7.17. The predicted molar refractivity (Wildman–Crippen MR) is 84.9 cm³/mol. The molecule has 2 aromatic heterocycles. The number of aryl methyl sites for hydroxylation is 1. The maximum atomic E-state index is 5.33. The van der Waals surface area contributed by atoms with Crippen molar-refractivity contribution in [1.82, 2.24) is 9.97 Å². The molecule has 3 aromatic rings. The molecule has 4 heteroatoms. The van der Waals surface area contributed by atoms with E-state index in [0.717, 1.165) is 33.0 Å². The van der Waals surface area contributed by atoms with Gasteiger partial charge in [0, 0.05) is 10.9 Å². The first-order chi connectivity index (χ1) is 9.79. The minimum atomic E-state index is 0.454. The Morgan fingerprint density at radius 3 is 2.80 bits per heavy atom. The van der Waals surface area contributed by atoms with E-state index in [9.17, 15) is 0 Å². The lowest BCUT2D eigenvalue weighted by Gasteiger charge is -2.07. The number of hydrogen-bond donors (Lipinski definition) is 1. The summed E-state index contributed by atoms with van der Waals surface area (Å²) < 4.78 is 0. The molecule has 0 aliphatic heterocycles. The second kappa shape index (κ2) is 5.32. The maximum absolute atomic E-state index is 5.33. The lowest BCUT2D eigenvalue weighted by molar-refractivity contribution is 1.09. The Kier molecular flexibility index (Phi) is 3.36. The fourth-order valence-corrected chi connectivity index (χ4v) is 3.13. The maximum Gasteiger partial charge on any atom is 0.139 e. The van der Waals surface area contributed by atoms with Crippen LogP contribution in [0.2, 0.25) is 0 Å². The zero-order valence-corrected chi connectivity index (χ0v) is 11.9. The molecule has 3 nitrogen and oxygen atoms in total. The molecular weight excluding hydrogens is 266 g/mol. The summed E-state index contributed by atoms with van der Waals surface area (Å²) >= 11 is 1.63. The van der Waals surface area contributed by atoms with Crippen molar-refractivity contribution in [2.45, 2.75) is 6.92 Å². The third kappa shape index (κ3) is 2.24. The van der Waals surface area contributed by atoms with Crippen molar-refractivity contribution in [3.63, 3.8) is 0 Å². The molecule has 0 unspecified atom stereocenters. The quantitative estimate of drug-likeness (QED) is 0.743. The largest absolute Gasteiger partial charge is 0.358 e. The SMILES string of the molecule is C#CCNc1nc(C)nc2scc(-c3ccccc3)c12. The van der Waals surface area contributed by atoms with Crippen molar-refractivity contribution in [3.8, 4) is 23.5 Å². The Bertz CT molecular complexity index is 785. The van der Waals surface area contributed by atoms with Crippen molar-refractivity contribution in [3.05, 3.63) is 41.5 Å². The van der Waals surface area contributed by atoms with Gasteiger partial charge in [-0.3, -0.25) is 0 Å². The van der Waals surface area contributed by atoms with Gasteiger partial charge in [-0.15, -0.1) is 17.8 Å². The second-order valence-corrected chi connectivity index (χ2v) is 5.23. The zero-order chi connectivity index (χ0) is 13.9. The number of aromatic nitrogens is 2. The van der Waals surface area contributed by atoms with Crippen LogP contribution in [0.3, 0.4) is 0 Å². The second-order valence-electron chi connectivity index (χ2n) is 4.37. The van der Waals surface area contributed by atoms with E-state index < -0.39 is 0 Å². The van der Waals surface area contributed by atoms with Crippen molar-refractivity contribution < 1.29 is 0 Å². The molecule has 98 valence electrons. The highest BCUT2D eigenvalue weighted by Crippen LogP contribution is 2.36. The smallest absolute Gasteiger partial charge is 0.139 e. The van der Waals surface area contributed by atoms with Crippen LogP contribution >= 0.6 is 11.3 Å². The van der Waals surface area contributed by atoms with Gasteiger partial charge in [-0.25, -0.2) is 9.97 Å². The number of benzene rings is 1. The van der Waals surface area contributed by atoms with Gasteiger partial charge in [0.05, 0.1) is 11.9 Å². The Labute approximate surface area is 121 Å². The first kappa shape index (κ1) is 12.6. The zero-order valence-electron chi connectivity index (χ0n) is 11.1. The van der Waals surface area contributed by atoms with E-state index >= 15 is 0 Å². The predicted octanol–water partition coefficient (Wildman–Crippen LogP) is 3.71. The number of terminal acetylenes is 1. The fourth-order valence-electron chi connectivity index (χ4n) is 2.14. The number of anilines is 1. The Hall–Kier alpha value is -2.38. The van der Waals surface area contributed by atoms with Gasteiger partial charge in [-0.1, -0.05) is 36.3 Å². The monoisotopic (exact) mass is 279 g/mol. The Morgan fingerprint density at radius 1 is 1.25 bits per heavy atom. The number of hydrogen-bond acceptors (Lipinski definition) is 4. The van der Waals surface area contributed by atoms with Crippen LogP contribution in [-0.4, -0.2) is 16.5 Å². The van der Waals surface area contributed by atoms with Gasteiger partial charge < -0.3 is 5.32 Å². The lowest BCUT2D eigenvalue weighted by atomic mass is 10.1. The molecular formula is C16H13N3S. The summed E-state index contributed by atoms with van der Waals surface area (Å²) in [6.45, 7) is 2.35. The number of nitrogens with zero attached hydrogens (tertiary/aromatic N) is 2. The van der Waals surface area contributed by atoms with Crippen LogP contribution in [-0.2, 0) is 0 Å². The highest BCUT2D eigenvalue weighted by atomic mass is 32.1. The molecule has 2 heterocycles. The van der Waals surface area contributed by atoms with Gasteiger partial charge in [0.2, 0.25) is 0 Å². The van der Waals surface area contributed by atoms with Gasteiger partial charge >= 0.3 is 0 Å². The number of nitrogens with one attached hydrogen (secondary N) is 1. The average molecular weight is 279 g/mol. The van der Waals surface area contributed by atoms with Crippen LogP contribution in [0.15, 0.2) is 35.7 Å². The van der Waals surface area contributed by atoms with Crippen LogP contribution < -0.4 is 5.32 Å². The molecule has 0 radical (unpaired) electrons. The van der Waals surface area contributed by atoms with Gasteiger partial charge in [0.25, 0.3) is 0 Å². The minimum absolute atomic E-state index is 0.454. The molecule has 20 heavy (non-hydrogen) atoms. The minimum Gasteiger partial charge on any atom is -0.358 e. The molecule has 1 N–H and O–H groups in total. The fraction of sp³-hybridized carbons (Fsp3) is 0.125. The highest BCUT2D eigenvalue weighted by Gasteiger charge is 2.13. The first-order valence-electron chi connectivity index (χ1n) is 6.28. The number of fused-ring (bicyclic) bond motifs is 1. The van der Waals surface area contributed by atoms with E-state index in [4.69, 9.17) is 6.42 Å². The molecule has 3 rings (SSSR count). The van der Waals surface area contributed by atoms with Crippen LogP contribution in [0.4, 0.5) is 5.82 Å². The summed E-state index contributed by atoms with van der Waals surface area (Å²) in [5.74, 6) is 4.14. The summed E-state index contributed by atoms with van der Waals surface area (Å²) in [6, 6.07) is 10.2. The third-order valence-electron chi connectivity index (χ3n) is 2.99. The van der Waals surface area contributed by atoms with Gasteiger partial charge in [0.1, 0.15) is 16.5 Å². The molecule has 0 spiro atoms. The summed E-state index contributed by atoms with van der Waals surface area (Å²) in [7, 11) is 0. The number of rotatable bonds is 3. The Morgan fingerprint density at radius 2 is 2.05 bits per heavy atom. The molecule has 0 atom stereocenters. The molecule has 0 bridgehead atoms. The van der Waals surface area contributed by atoms with E-state index in [1.165, 1.54) is 0 Å². The van der Waals surface area contributed by atoms with Gasteiger partial charge in [0.15, 0.2) is 0 Å². The van der Waals surface area contributed by atoms with E-state index in [1.54, 1.807) is 11.3 Å². The molecule has 0 saturated carbocycles. The van der Waals surface area contributed by atoms with Crippen LogP contribution in [0.25, 0.3) is 21.3 Å². The van der Waals surface area contributed by atoms with Crippen molar-refractivity contribution in [1.29, 1.82) is 0 Å². The van der Waals surface area contributed by atoms with Gasteiger partial charge in [-0.05, 0) is 12.5 Å². The number of thiophene rings is 1. The molecule has 1 aromatic carbocycles. The Balaban J connectivity index is 2.22. The molecule has 0 fully saturated rings. The topological polar surface area (TPSA) is 37.8 Å². The molecule has 0 aliphatic rings. The summed E-state index contributed by atoms with van der Waals surface area (Å²) in [4.78, 5) is 9.97. The third-order valence-corrected chi connectivity index (χ3v) is 3.86. The molecule has 0 saturated heterocycles. The molecule has 0 amide bonds.